The normalized spacial score (nSPS) is 13.7. The Kier molecular flexibility index (Phi) is 6.21. The number of fused-ring (bicyclic) bond motifs is 1. The lowest BCUT2D eigenvalue weighted by Gasteiger charge is -2.25. The monoisotopic (exact) mass is 400 g/mol. The summed E-state index contributed by atoms with van der Waals surface area (Å²) in [5.41, 5.74) is 1.41. The summed E-state index contributed by atoms with van der Waals surface area (Å²) in [6.07, 6.45) is 0. The molecule has 0 aromatic heterocycles. The van der Waals surface area contributed by atoms with Gasteiger partial charge in [0.25, 0.3) is 11.6 Å². The van der Waals surface area contributed by atoms with Crippen molar-refractivity contribution in [3.8, 4) is 17.2 Å². The Labute approximate surface area is 168 Å². The number of nitro groups is 1. The molecule has 8 heteroatoms. The zero-order valence-electron chi connectivity index (χ0n) is 16.6. The lowest BCUT2D eigenvalue weighted by atomic mass is 9.95. The number of carbonyl (C=O) groups excluding carboxylic acids is 1. The van der Waals surface area contributed by atoms with Gasteiger partial charge in [-0.3, -0.25) is 14.9 Å². The van der Waals surface area contributed by atoms with E-state index in [-0.39, 0.29) is 30.2 Å². The number of hydrogen-bond donors (Lipinski definition) is 1. The highest BCUT2D eigenvalue weighted by Crippen LogP contribution is 2.34. The van der Waals surface area contributed by atoms with E-state index in [4.69, 9.17) is 14.2 Å². The minimum atomic E-state index is -0.452. The van der Waals surface area contributed by atoms with Gasteiger partial charge in [-0.1, -0.05) is 19.9 Å². The van der Waals surface area contributed by atoms with Crippen molar-refractivity contribution in [1.82, 2.24) is 5.32 Å². The Balaban J connectivity index is 1.64. The first kappa shape index (κ1) is 20.4. The third-order valence-corrected chi connectivity index (χ3v) is 4.64. The second-order valence-corrected chi connectivity index (χ2v) is 7.19. The molecule has 1 N–H and O–H groups in total. The largest absolute Gasteiger partial charge is 0.486 e. The second kappa shape index (κ2) is 8.81. The molecule has 29 heavy (non-hydrogen) atoms. The summed E-state index contributed by atoms with van der Waals surface area (Å²) >= 11 is 0. The minimum Gasteiger partial charge on any atom is -0.486 e. The first-order valence-corrected chi connectivity index (χ1v) is 9.42. The first-order valence-electron chi connectivity index (χ1n) is 9.42. The lowest BCUT2D eigenvalue weighted by molar-refractivity contribution is -0.385. The molecule has 3 rings (SSSR count). The van der Waals surface area contributed by atoms with Crippen LogP contribution in [0.3, 0.4) is 0 Å². The molecule has 0 saturated heterocycles. The predicted octanol–water partition coefficient (Wildman–Crippen LogP) is 3.57. The van der Waals surface area contributed by atoms with Gasteiger partial charge < -0.3 is 19.5 Å². The molecule has 1 aliphatic heterocycles. The number of nitrogens with zero attached hydrogens (tertiary/aromatic N) is 1. The Hall–Kier alpha value is -3.29. The summed E-state index contributed by atoms with van der Waals surface area (Å²) in [6, 6.07) is 9.83. The predicted molar refractivity (Wildman–Crippen MR) is 106 cm³/mol. The zero-order valence-corrected chi connectivity index (χ0v) is 16.6. The van der Waals surface area contributed by atoms with Crippen LogP contribution in [0.15, 0.2) is 36.4 Å². The average molecular weight is 400 g/mol. The maximum Gasteiger partial charge on any atom is 0.272 e. The van der Waals surface area contributed by atoms with Crippen LogP contribution in [-0.2, 0) is 4.79 Å². The van der Waals surface area contributed by atoms with E-state index < -0.39 is 4.92 Å². The number of ether oxygens (including phenoxy) is 3. The molecule has 1 aliphatic rings. The topological polar surface area (TPSA) is 99.9 Å². The molecule has 0 spiro atoms. The van der Waals surface area contributed by atoms with E-state index in [2.05, 4.69) is 5.32 Å². The summed E-state index contributed by atoms with van der Waals surface area (Å²) in [4.78, 5) is 22.9. The Bertz CT molecular complexity index is 912. The highest BCUT2D eigenvalue weighted by Gasteiger charge is 2.22. The summed E-state index contributed by atoms with van der Waals surface area (Å²) in [6.45, 7) is 6.49. The van der Waals surface area contributed by atoms with Crippen molar-refractivity contribution in [2.75, 3.05) is 19.8 Å². The van der Waals surface area contributed by atoms with E-state index in [0.29, 0.717) is 36.0 Å². The van der Waals surface area contributed by atoms with Gasteiger partial charge in [0.05, 0.1) is 11.0 Å². The molecule has 0 fully saturated rings. The van der Waals surface area contributed by atoms with Crippen molar-refractivity contribution in [3.63, 3.8) is 0 Å². The number of aryl methyl sites for hydroxylation is 1. The van der Waals surface area contributed by atoms with Crippen LogP contribution < -0.4 is 19.5 Å². The SMILES string of the molecule is Cc1cc(OCC(=O)N[C@H](c2ccc3c(c2)OCCO3)C(C)C)ccc1[N+](=O)[O-]. The fraction of sp³-hybridized carbons (Fsp3) is 0.381. The quantitative estimate of drug-likeness (QED) is 0.563. The van der Waals surface area contributed by atoms with Crippen molar-refractivity contribution in [1.29, 1.82) is 0 Å². The van der Waals surface area contributed by atoms with E-state index >= 15 is 0 Å². The average Bonchev–Trinajstić information content (AvgIpc) is 2.69. The van der Waals surface area contributed by atoms with Crippen LogP contribution in [0, 0.1) is 23.0 Å². The highest BCUT2D eigenvalue weighted by molar-refractivity contribution is 5.78. The number of nitrogens with one attached hydrogen (secondary N) is 1. The Morgan fingerprint density at radius 3 is 2.55 bits per heavy atom. The van der Waals surface area contributed by atoms with E-state index in [0.717, 1.165) is 5.56 Å². The van der Waals surface area contributed by atoms with Crippen LogP contribution in [0.5, 0.6) is 17.2 Å². The Morgan fingerprint density at radius 2 is 1.90 bits per heavy atom. The van der Waals surface area contributed by atoms with Crippen LogP contribution in [0.4, 0.5) is 5.69 Å². The zero-order chi connectivity index (χ0) is 21.0. The standard InChI is InChI=1S/C21H24N2O6/c1-13(2)21(15-4-7-18-19(11-15)28-9-8-27-18)22-20(24)12-29-16-5-6-17(23(25)26)14(3)10-16/h4-7,10-11,13,21H,8-9,12H2,1-3H3,(H,22,24)/t21-/m0/s1. The molecule has 0 unspecified atom stereocenters. The maximum absolute atomic E-state index is 12.5. The van der Waals surface area contributed by atoms with E-state index in [1.54, 1.807) is 13.0 Å². The third kappa shape index (κ3) is 4.96. The number of nitro benzene ring substituents is 1. The van der Waals surface area contributed by atoms with Gasteiger partial charge in [0.15, 0.2) is 18.1 Å². The lowest BCUT2D eigenvalue weighted by Crippen LogP contribution is -2.35. The maximum atomic E-state index is 12.5. The van der Waals surface area contributed by atoms with Crippen LogP contribution in [0.1, 0.15) is 31.0 Å². The van der Waals surface area contributed by atoms with Gasteiger partial charge in [-0.2, -0.15) is 0 Å². The van der Waals surface area contributed by atoms with Gasteiger partial charge in [0, 0.05) is 11.6 Å². The fourth-order valence-electron chi connectivity index (χ4n) is 3.17. The summed E-state index contributed by atoms with van der Waals surface area (Å²) in [5.74, 6) is 1.64. The van der Waals surface area contributed by atoms with Crippen molar-refractivity contribution >= 4 is 11.6 Å². The van der Waals surface area contributed by atoms with Gasteiger partial charge in [0.2, 0.25) is 0 Å². The van der Waals surface area contributed by atoms with E-state index in [1.165, 1.54) is 12.1 Å². The number of benzene rings is 2. The van der Waals surface area contributed by atoms with Crippen molar-refractivity contribution in [2.24, 2.45) is 5.92 Å². The molecular weight excluding hydrogens is 376 g/mol. The summed E-state index contributed by atoms with van der Waals surface area (Å²) in [7, 11) is 0. The van der Waals surface area contributed by atoms with Crippen molar-refractivity contribution in [3.05, 3.63) is 57.6 Å². The van der Waals surface area contributed by atoms with Gasteiger partial charge >= 0.3 is 0 Å². The van der Waals surface area contributed by atoms with Crippen molar-refractivity contribution < 1.29 is 23.9 Å². The molecule has 0 aliphatic carbocycles. The molecule has 2 aromatic rings. The van der Waals surface area contributed by atoms with Gasteiger partial charge in [-0.25, -0.2) is 0 Å². The highest BCUT2D eigenvalue weighted by atomic mass is 16.6. The van der Waals surface area contributed by atoms with E-state index in [1.807, 2.05) is 32.0 Å². The van der Waals surface area contributed by atoms with E-state index in [9.17, 15) is 14.9 Å². The smallest absolute Gasteiger partial charge is 0.272 e. The molecule has 1 amide bonds. The Morgan fingerprint density at radius 1 is 1.17 bits per heavy atom. The van der Waals surface area contributed by atoms with Crippen LogP contribution in [0.25, 0.3) is 0 Å². The number of hydrogen-bond acceptors (Lipinski definition) is 6. The molecule has 2 aromatic carbocycles. The summed E-state index contributed by atoms with van der Waals surface area (Å²) in [5, 5.41) is 13.9. The molecule has 0 saturated carbocycles. The molecule has 1 heterocycles. The second-order valence-electron chi connectivity index (χ2n) is 7.19. The third-order valence-electron chi connectivity index (χ3n) is 4.64. The van der Waals surface area contributed by atoms with Crippen molar-refractivity contribution in [2.45, 2.75) is 26.8 Å². The summed E-state index contributed by atoms with van der Waals surface area (Å²) < 4.78 is 16.7. The van der Waals surface area contributed by atoms with Gasteiger partial charge in [-0.05, 0) is 42.7 Å². The van der Waals surface area contributed by atoms with Gasteiger partial charge in [0.1, 0.15) is 19.0 Å². The number of rotatable bonds is 7. The number of amides is 1. The minimum absolute atomic E-state index is 0.0141. The first-order chi connectivity index (χ1) is 13.8. The molecule has 0 radical (unpaired) electrons. The van der Waals surface area contributed by atoms with Gasteiger partial charge in [-0.15, -0.1) is 0 Å². The van der Waals surface area contributed by atoms with Crippen LogP contribution in [0.2, 0.25) is 0 Å². The molecule has 154 valence electrons. The molecule has 1 atom stereocenters. The molecule has 8 nitrogen and oxygen atoms in total. The van der Waals surface area contributed by atoms with Crippen LogP contribution >= 0.6 is 0 Å². The number of carbonyl (C=O) groups is 1. The molecule has 0 bridgehead atoms. The fourth-order valence-corrected chi connectivity index (χ4v) is 3.17. The van der Waals surface area contributed by atoms with Crippen LogP contribution in [-0.4, -0.2) is 30.7 Å². The molecular formula is C21H24N2O6.